The van der Waals surface area contributed by atoms with Gasteiger partial charge in [-0.15, -0.1) is 0 Å². The molecular formula is C24H25N5O3. The van der Waals surface area contributed by atoms with Crippen molar-refractivity contribution in [3.05, 3.63) is 83.3 Å². The van der Waals surface area contributed by atoms with Gasteiger partial charge >= 0.3 is 0 Å². The molecule has 2 aliphatic rings. The monoisotopic (exact) mass is 431 g/mol. The van der Waals surface area contributed by atoms with Gasteiger partial charge in [-0.2, -0.15) is 10.1 Å². The lowest BCUT2D eigenvalue weighted by atomic mass is 9.94. The number of benzene rings is 2. The van der Waals surface area contributed by atoms with Gasteiger partial charge in [0.25, 0.3) is 5.91 Å². The average molecular weight is 431 g/mol. The molecule has 0 saturated carbocycles. The minimum atomic E-state index is -0.368. The molecule has 1 fully saturated rings. The summed E-state index contributed by atoms with van der Waals surface area (Å²) in [4.78, 5) is 19.6. The van der Waals surface area contributed by atoms with Crippen molar-refractivity contribution >= 4 is 11.9 Å². The number of allylic oxidation sites excluding steroid dienone is 1. The van der Waals surface area contributed by atoms with Gasteiger partial charge in [-0.05, 0) is 30.2 Å². The van der Waals surface area contributed by atoms with Gasteiger partial charge < -0.3 is 19.7 Å². The summed E-state index contributed by atoms with van der Waals surface area (Å²) in [6.07, 6.45) is 1.50. The predicted octanol–water partition coefficient (Wildman–Crippen LogP) is 3.00. The maximum Gasteiger partial charge on any atom is 0.254 e. The van der Waals surface area contributed by atoms with Crippen LogP contribution in [0.25, 0.3) is 0 Å². The minimum Gasteiger partial charge on any atom is -0.489 e. The topological polar surface area (TPSA) is 81.5 Å². The molecule has 1 unspecified atom stereocenters. The number of ether oxygens (including phenoxy) is 2. The van der Waals surface area contributed by atoms with E-state index in [0.29, 0.717) is 44.4 Å². The fraction of sp³-hybridized carbons (Fsp3) is 0.292. The van der Waals surface area contributed by atoms with E-state index in [1.165, 1.54) is 6.33 Å². The van der Waals surface area contributed by atoms with Crippen LogP contribution < -0.4 is 10.1 Å². The van der Waals surface area contributed by atoms with E-state index >= 15 is 0 Å². The normalized spacial score (nSPS) is 18.2. The van der Waals surface area contributed by atoms with Crippen LogP contribution in [0.3, 0.4) is 0 Å². The summed E-state index contributed by atoms with van der Waals surface area (Å²) in [5.41, 5.74) is 3.51. The van der Waals surface area contributed by atoms with Crippen LogP contribution in [0.4, 0.5) is 5.95 Å². The summed E-state index contributed by atoms with van der Waals surface area (Å²) in [6, 6.07) is 17.5. The first-order valence-electron chi connectivity index (χ1n) is 10.7. The van der Waals surface area contributed by atoms with Crippen LogP contribution in [-0.4, -0.2) is 51.9 Å². The molecule has 1 amide bonds. The summed E-state index contributed by atoms with van der Waals surface area (Å²) in [7, 11) is 0. The average Bonchev–Trinajstić information content (AvgIpc) is 3.31. The number of morpholine rings is 1. The molecule has 1 saturated heterocycles. The first kappa shape index (κ1) is 20.3. The number of hydrogen-bond acceptors (Lipinski definition) is 6. The van der Waals surface area contributed by atoms with Gasteiger partial charge in [0.05, 0.1) is 18.8 Å². The second-order valence-corrected chi connectivity index (χ2v) is 7.84. The second-order valence-electron chi connectivity index (χ2n) is 7.84. The number of rotatable bonds is 5. The van der Waals surface area contributed by atoms with Crippen molar-refractivity contribution in [1.29, 1.82) is 0 Å². The molecule has 8 heteroatoms. The van der Waals surface area contributed by atoms with Crippen LogP contribution in [-0.2, 0) is 16.1 Å². The Labute approximate surface area is 186 Å². The minimum absolute atomic E-state index is 0.00569. The van der Waals surface area contributed by atoms with Gasteiger partial charge in [0.15, 0.2) is 0 Å². The highest BCUT2D eigenvalue weighted by molar-refractivity contribution is 5.96. The van der Waals surface area contributed by atoms with Gasteiger partial charge in [-0.1, -0.05) is 42.5 Å². The zero-order valence-corrected chi connectivity index (χ0v) is 17.9. The molecule has 2 aliphatic heterocycles. The highest BCUT2D eigenvalue weighted by atomic mass is 16.5. The van der Waals surface area contributed by atoms with Crippen LogP contribution in [0.5, 0.6) is 5.75 Å². The van der Waals surface area contributed by atoms with E-state index < -0.39 is 0 Å². The molecule has 1 N–H and O–H groups in total. The van der Waals surface area contributed by atoms with Crippen molar-refractivity contribution in [2.24, 2.45) is 0 Å². The van der Waals surface area contributed by atoms with E-state index in [1.54, 1.807) is 4.68 Å². The Kier molecular flexibility index (Phi) is 5.60. The van der Waals surface area contributed by atoms with E-state index in [2.05, 4.69) is 15.4 Å². The van der Waals surface area contributed by atoms with E-state index in [-0.39, 0.29) is 11.9 Å². The van der Waals surface area contributed by atoms with Crippen molar-refractivity contribution < 1.29 is 14.3 Å². The Hall–Kier alpha value is -3.65. The Morgan fingerprint density at radius 2 is 1.88 bits per heavy atom. The summed E-state index contributed by atoms with van der Waals surface area (Å²) in [5.74, 6) is 1.39. The molecule has 8 nitrogen and oxygen atoms in total. The largest absolute Gasteiger partial charge is 0.489 e. The van der Waals surface area contributed by atoms with Crippen LogP contribution in [0.1, 0.15) is 24.1 Å². The third kappa shape index (κ3) is 3.97. The molecule has 0 spiro atoms. The fourth-order valence-electron chi connectivity index (χ4n) is 4.10. The number of fused-ring (bicyclic) bond motifs is 1. The van der Waals surface area contributed by atoms with Crippen LogP contribution in [0, 0.1) is 0 Å². The molecule has 5 rings (SSSR count). The molecule has 1 atom stereocenters. The molecular weight excluding hydrogens is 406 g/mol. The summed E-state index contributed by atoms with van der Waals surface area (Å²) in [6.45, 7) is 4.69. The fourth-order valence-corrected chi connectivity index (χ4v) is 4.10. The Balaban J connectivity index is 1.42. The number of nitrogens with zero attached hydrogens (tertiary/aromatic N) is 4. The van der Waals surface area contributed by atoms with Crippen molar-refractivity contribution in [2.45, 2.75) is 19.6 Å². The number of carbonyl (C=O) groups excluding carboxylic acids is 1. The zero-order valence-electron chi connectivity index (χ0n) is 17.9. The summed E-state index contributed by atoms with van der Waals surface area (Å²) in [5, 5.41) is 7.63. The van der Waals surface area contributed by atoms with Gasteiger partial charge in [0.2, 0.25) is 5.95 Å². The molecule has 1 aromatic heterocycles. The van der Waals surface area contributed by atoms with Gasteiger partial charge in [-0.25, -0.2) is 4.68 Å². The maximum absolute atomic E-state index is 13.5. The van der Waals surface area contributed by atoms with E-state index in [4.69, 9.17) is 9.47 Å². The standard InChI is InChI=1S/C24H25N5O3/c1-17-21(23(30)28-11-13-31-14-12-28)22(29-24(27-17)25-16-26-29)19-7-9-20(10-8-19)32-15-18-5-3-2-4-6-18/h2-10,16,22H,11-15H2,1H3,(H,25,26,27). The van der Waals surface area contributed by atoms with Crippen molar-refractivity contribution in [1.82, 2.24) is 19.7 Å². The number of carbonyl (C=O) groups is 1. The lowest BCUT2D eigenvalue weighted by molar-refractivity contribution is -0.131. The number of nitrogens with one attached hydrogen (secondary N) is 1. The maximum atomic E-state index is 13.5. The first-order valence-corrected chi connectivity index (χ1v) is 10.7. The number of anilines is 1. The summed E-state index contributed by atoms with van der Waals surface area (Å²) < 4.78 is 13.1. The van der Waals surface area contributed by atoms with Crippen molar-refractivity contribution in [3.63, 3.8) is 0 Å². The number of aromatic nitrogens is 3. The van der Waals surface area contributed by atoms with Gasteiger partial charge in [-0.3, -0.25) is 4.79 Å². The SMILES string of the molecule is CC1=C(C(=O)N2CCOCC2)C(c2ccc(OCc3ccccc3)cc2)n2ncnc2N1. The van der Waals surface area contributed by atoms with Crippen LogP contribution >= 0.6 is 0 Å². The second kappa shape index (κ2) is 8.84. The molecule has 3 aromatic rings. The van der Waals surface area contributed by atoms with E-state index in [0.717, 1.165) is 22.6 Å². The third-order valence-electron chi connectivity index (χ3n) is 5.77. The van der Waals surface area contributed by atoms with Gasteiger partial charge in [0, 0.05) is 18.8 Å². The molecule has 32 heavy (non-hydrogen) atoms. The third-order valence-corrected chi connectivity index (χ3v) is 5.77. The Bertz CT molecular complexity index is 1120. The number of hydrogen-bond donors (Lipinski definition) is 1. The molecule has 0 aliphatic carbocycles. The lowest BCUT2D eigenvalue weighted by Gasteiger charge is -2.33. The number of amides is 1. The Morgan fingerprint density at radius 3 is 2.62 bits per heavy atom. The molecule has 0 bridgehead atoms. The molecule has 3 heterocycles. The van der Waals surface area contributed by atoms with Crippen molar-refractivity contribution in [3.8, 4) is 5.75 Å². The van der Waals surface area contributed by atoms with E-state index in [1.807, 2.05) is 66.4 Å². The zero-order chi connectivity index (χ0) is 21.9. The predicted molar refractivity (Wildman–Crippen MR) is 119 cm³/mol. The van der Waals surface area contributed by atoms with E-state index in [9.17, 15) is 4.79 Å². The molecule has 164 valence electrons. The Morgan fingerprint density at radius 1 is 1.12 bits per heavy atom. The van der Waals surface area contributed by atoms with Crippen LogP contribution in [0.2, 0.25) is 0 Å². The van der Waals surface area contributed by atoms with Crippen molar-refractivity contribution in [2.75, 3.05) is 31.6 Å². The highest BCUT2D eigenvalue weighted by Crippen LogP contribution is 2.36. The highest BCUT2D eigenvalue weighted by Gasteiger charge is 2.35. The summed E-state index contributed by atoms with van der Waals surface area (Å²) >= 11 is 0. The van der Waals surface area contributed by atoms with Gasteiger partial charge in [0.1, 0.15) is 24.7 Å². The first-order chi connectivity index (χ1) is 15.7. The molecule has 0 radical (unpaired) electrons. The molecule has 2 aromatic carbocycles. The quantitative estimate of drug-likeness (QED) is 0.669. The lowest BCUT2D eigenvalue weighted by Crippen LogP contribution is -2.44. The van der Waals surface area contributed by atoms with Crippen LogP contribution in [0.15, 0.2) is 72.2 Å². The smallest absolute Gasteiger partial charge is 0.254 e.